The Morgan fingerprint density at radius 3 is 2.45 bits per heavy atom. The lowest BCUT2D eigenvalue weighted by Crippen LogP contribution is -2.50. The molecular weight excluding hydrogens is 496 g/mol. The van der Waals surface area contributed by atoms with Crippen LogP contribution in [0.25, 0.3) is 11.0 Å². The van der Waals surface area contributed by atoms with Crippen molar-refractivity contribution in [2.45, 2.75) is 46.1 Å². The lowest BCUT2D eigenvalue weighted by Gasteiger charge is -2.27. The summed E-state index contributed by atoms with van der Waals surface area (Å²) in [7, 11) is 0. The Balaban J connectivity index is 1.44. The van der Waals surface area contributed by atoms with Crippen molar-refractivity contribution in [2.75, 3.05) is 13.1 Å². The van der Waals surface area contributed by atoms with Gasteiger partial charge >= 0.3 is 0 Å². The van der Waals surface area contributed by atoms with E-state index in [2.05, 4.69) is 17.6 Å². The second-order valence-corrected chi connectivity index (χ2v) is 11.2. The van der Waals surface area contributed by atoms with Crippen molar-refractivity contribution in [2.24, 2.45) is 5.92 Å². The first kappa shape index (κ1) is 27.6. The highest BCUT2D eigenvalue weighted by molar-refractivity contribution is 6.31. The number of amides is 1. The van der Waals surface area contributed by atoms with Gasteiger partial charge in [-0.05, 0) is 63.1 Å². The monoisotopic (exact) mass is 530 g/mol. The molecule has 198 valence electrons. The Bertz CT molecular complexity index is 1460. The second kappa shape index (κ2) is 12.0. The number of halogens is 1. The number of hydrogen-bond donors (Lipinski definition) is 2. The van der Waals surface area contributed by atoms with E-state index in [1.807, 2.05) is 75.4 Å². The maximum absolute atomic E-state index is 13.5. The maximum atomic E-state index is 13.5. The van der Waals surface area contributed by atoms with Crippen LogP contribution < -0.4 is 16.1 Å². The van der Waals surface area contributed by atoms with Gasteiger partial charge in [0.1, 0.15) is 11.3 Å². The van der Waals surface area contributed by atoms with Gasteiger partial charge in [-0.2, -0.15) is 0 Å². The number of hydrogen-bond acceptors (Lipinski definition) is 4. The van der Waals surface area contributed by atoms with Crippen molar-refractivity contribution in [3.05, 3.63) is 116 Å². The molecule has 0 aliphatic heterocycles. The highest BCUT2D eigenvalue weighted by atomic mass is 35.5. The van der Waals surface area contributed by atoms with Gasteiger partial charge in [-0.3, -0.25) is 9.59 Å². The minimum atomic E-state index is -0.438. The standard InChI is InChI=1S/C32H35ClN2O3/c1-21-10-12-24(13-11-21)31(37)35-32(3,4)20-34-19-22(2)16-28-27(17-23-8-6-5-7-9-23)30(36)26-15-14-25(33)18-29(26)38-28/h5-15,18,22,34H,16-17,19-20H2,1-4H3,(H,35,37). The molecule has 0 fully saturated rings. The minimum absolute atomic E-state index is 0.0121. The average Bonchev–Trinajstić information content (AvgIpc) is 2.86. The van der Waals surface area contributed by atoms with Crippen LogP contribution in [0.1, 0.15) is 53.6 Å². The summed E-state index contributed by atoms with van der Waals surface area (Å²) in [5, 5.41) is 7.67. The van der Waals surface area contributed by atoms with E-state index in [1.165, 1.54) is 0 Å². The molecule has 3 aromatic carbocycles. The summed E-state index contributed by atoms with van der Waals surface area (Å²) in [6.07, 6.45) is 1.11. The maximum Gasteiger partial charge on any atom is 0.251 e. The van der Waals surface area contributed by atoms with Crippen LogP contribution >= 0.6 is 11.6 Å². The highest BCUT2D eigenvalue weighted by Gasteiger charge is 2.22. The zero-order chi connectivity index (χ0) is 27.3. The first-order valence-electron chi connectivity index (χ1n) is 13.0. The van der Waals surface area contributed by atoms with Crippen LogP contribution in [0.3, 0.4) is 0 Å². The van der Waals surface area contributed by atoms with Crippen LogP contribution in [-0.2, 0) is 12.8 Å². The molecule has 1 atom stereocenters. The fourth-order valence-corrected chi connectivity index (χ4v) is 4.71. The van der Waals surface area contributed by atoms with Gasteiger partial charge in [0.25, 0.3) is 5.91 Å². The minimum Gasteiger partial charge on any atom is -0.460 e. The summed E-state index contributed by atoms with van der Waals surface area (Å²) in [5.74, 6) is 0.787. The first-order chi connectivity index (χ1) is 18.1. The van der Waals surface area contributed by atoms with E-state index in [1.54, 1.807) is 18.2 Å². The van der Waals surface area contributed by atoms with Crippen LogP contribution in [0, 0.1) is 12.8 Å². The van der Waals surface area contributed by atoms with Crippen molar-refractivity contribution < 1.29 is 9.21 Å². The third kappa shape index (κ3) is 7.12. The van der Waals surface area contributed by atoms with Gasteiger partial charge in [0.15, 0.2) is 5.43 Å². The van der Waals surface area contributed by atoms with Gasteiger partial charge in [0.2, 0.25) is 0 Å². The number of carbonyl (C=O) groups is 1. The summed E-state index contributed by atoms with van der Waals surface area (Å²) in [5.41, 5.74) is 3.57. The van der Waals surface area contributed by atoms with E-state index in [-0.39, 0.29) is 17.3 Å². The largest absolute Gasteiger partial charge is 0.460 e. The lowest BCUT2D eigenvalue weighted by atomic mass is 9.96. The van der Waals surface area contributed by atoms with Crippen LogP contribution in [0.5, 0.6) is 0 Å². The van der Waals surface area contributed by atoms with Gasteiger partial charge in [0, 0.05) is 47.1 Å². The number of rotatable bonds is 10. The number of fused-ring (bicyclic) bond motifs is 1. The van der Waals surface area contributed by atoms with Crippen LogP contribution in [0.15, 0.2) is 82.0 Å². The van der Waals surface area contributed by atoms with Gasteiger partial charge < -0.3 is 15.1 Å². The number of nitrogens with one attached hydrogen (secondary N) is 2. The van der Waals surface area contributed by atoms with E-state index >= 15 is 0 Å². The van der Waals surface area contributed by atoms with Gasteiger partial charge in [-0.1, -0.05) is 66.6 Å². The smallest absolute Gasteiger partial charge is 0.251 e. The number of benzene rings is 3. The van der Waals surface area contributed by atoms with Crippen LogP contribution in [-0.4, -0.2) is 24.5 Å². The van der Waals surface area contributed by atoms with E-state index < -0.39 is 5.54 Å². The Hall–Kier alpha value is -3.41. The third-order valence-electron chi connectivity index (χ3n) is 6.62. The van der Waals surface area contributed by atoms with Crippen molar-refractivity contribution in [1.29, 1.82) is 0 Å². The molecule has 0 bridgehead atoms. The molecule has 0 saturated carbocycles. The molecule has 6 heteroatoms. The van der Waals surface area contributed by atoms with Crippen molar-refractivity contribution in [1.82, 2.24) is 10.6 Å². The highest BCUT2D eigenvalue weighted by Crippen LogP contribution is 2.23. The fourth-order valence-electron chi connectivity index (χ4n) is 4.54. The Morgan fingerprint density at radius 1 is 1.03 bits per heavy atom. The molecule has 1 amide bonds. The number of aryl methyl sites for hydroxylation is 1. The summed E-state index contributed by atoms with van der Waals surface area (Å²) in [6.45, 7) is 9.43. The molecule has 1 unspecified atom stereocenters. The van der Waals surface area contributed by atoms with Crippen LogP contribution in [0.2, 0.25) is 5.02 Å². The van der Waals surface area contributed by atoms with Gasteiger partial charge in [0.05, 0.1) is 5.39 Å². The third-order valence-corrected chi connectivity index (χ3v) is 6.85. The van der Waals surface area contributed by atoms with E-state index in [9.17, 15) is 9.59 Å². The van der Waals surface area contributed by atoms with Gasteiger partial charge in [-0.15, -0.1) is 0 Å². The van der Waals surface area contributed by atoms with Gasteiger partial charge in [-0.25, -0.2) is 0 Å². The molecule has 38 heavy (non-hydrogen) atoms. The zero-order valence-electron chi connectivity index (χ0n) is 22.4. The second-order valence-electron chi connectivity index (χ2n) is 10.8. The van der Waals surface area contributed by atoms with Crippen LogP contribution in [0.4, 0.5) is 0 Å². The molecule has 1 aromatic heterocycles. The molecular formula is C32H35ClN2O3. The summed E-state index contributed by atoms with van der Waals surface area (Å²) >= 11 is 6.19. The molecule has 5 nitrogen and oxygen atoms in total. The van der Waals surface area contributed by atoms with E-state index in [0.29, 0.717) is 58.8 Å². The van der Waals surface area contributed by atoms with E-state index in [0.717, 1.165) is 11.1 Å². The zero-order valence-corrected chi connectivity index (χ0v) is 23.2. The molecule has 0 aliphatic rings. The lowest BCUT2D eigenvalue weighted by molar-refractivity contribution is 0.0912. The van der Waals surface area contributed by atoms with Crippen molar-refractivity contribution in [3.63, 3.8) is 0 Å². The summed E-state index contributed by atoms with van der Waals surface area (Å²) in [4.78, 5) is 26.1. The Kier molecular flexibility index (Phi) is 8.70. The predicted octanol–water partition coefficient (Wildman–Crippen LogP) is 6.32. The molecule has 0 saturated heterocycles. The summed E-state index contributed by atoms with van der Waals surface area (Å²) < 4.78 is 6.29. The first-order valence-corrected chi connectivity index (χ1v) is 13.4. The Labute approximate surface area is 229 Å². The van der Waals surface area contributed by atoms with E-state index in [4.69, 9.17) is 16.0 Å². The topological polar surface area (TPSA) is 71.3 Å². The molecule has 0 radical (unpaired) electrons. The molecule has 0 aliphatic carbocycles. The molecule has 0 spiro atoms. The summed E-state index contributed by atoms with van der Waals surface area (Å²) in [6, 6.07) is 22.7. The molecule has 4 aromatic rings. The molecule has 4 rings (SSSR count). The fraction of sp³-hybridized carbons (Fsp3) is 0.312. The average molecular weight is 531 g/mol. The number of carbonyl (C=O) groups excluding carboxylic acids is 1. The predicted molar refractivity (Wildman–Crippen MR) is 155 cm³/mol. The van der Waals surface area contributed by atoms with Crippen molar-refractivity contribution >= 4 is 28.5 Å². The molecule has 1 heterocycles. The quantitative estimate of drug-likeness (QED) is 0.251. The molecule has 2 N–H and O–H groups in total. The normalized spacial score (nSPS) is 12.4. The Morgan fingerprint density at radius 2 is 1.74 bits per heavy atom. The van der Waals surface area contributed by atoms with Crippen molar-refractivity contribution in [3.8, 4) is 0 Å². The SMILES string of the molecule is Cc1ccc(C(=O)NC(C)(C)CNCC(C)Cc2oc3cc(Cl)ccc3c(=O)c2Cc2ccccc2)cc1.